The van der Waals surface area contributed by atoms with E-state index in [-0.39, 0.29) is 30.3 Å². The van der Waals surface area contributed by atoms with Gasteiger partial charge in [0.05, 0.1) is 0 Å². The van der Waals surface area contributed by atoms with E-state index in [1.54, 1.807) is 0 Å². The van der Waals surface area contributed by atoms with Crippen molar-refractivity contribution in [1.29, 1.82) is 0 Å². The Bertz CT molecular complexity index is 1360. The average Bonchev–Trinajstić information content (AvgIpc) is 3.20. The van der Waals surface area contributed by atoms with Crippen molar-refractivity contribution in [3.05, 3.63) is 70.8 Å². The van der Waals surface area contributed by atoms with Crippen LogP contribution in [0.2, 0.25) is 0 Å². The molecule has 6 aliphatic rings. The van der Waals surface area contributed by atoms with E-state index in [9.17, 15) is 9.59 Å². The minimum Gasteiger partial charge on any atom is -0.393 e. The van der Waals surface area contributed by atoms with Gasteiger partial charge in [-0.05, 0) is 185 Å². The number of benzene rings is 2. The molecular weight excluding hydrogens is 659 g/mol. The molecule has 0 aliphatic heterocycles. The number of carbonyl (C=O) groups excluding carboxylic acids is 2. The van der Waals surface area contributed by atoms with Crippen molar-refractivity contribution in [2.45, 2.75) is 154 Å². The summed E-state index contributed by atoms with van der Waals surface area (Å²) in [6, 6.07) is 16.5. The zero-order chi connectivity index (χ0) is 37.7. The predicted molar refractivity (Wildman–Crippen MR) is 215 cm³/mol. The Kier molecular flexibility index (Phi) is 12.8. The van der Waals surface area contributed by atoms with E-state index in [1.165, 1.54) is 88.2 Å². The molecule has 0 radical (unpaired) electrons. The fourth-order valence-electron chi connectivity index (χ4n) is 10.6. The van der Waals surface area contributed by atoms with E-state index in [4.69, 9.17) is 20.8 Å². The molecule has 2 amide bonds. The first-order valence-corrected chi connectivity index (χ1v) is 20.9. The van der Waals surface area contributed by atoms with E-state index in [0.717, 1.165) is 11.8 Å². The molecule has 0 saturated heterocycles. The molecular formula is C44H67BN4O4. The second kappa shape index (κ2) is 17.0. The van der Waals surface area contributed by atoms with Crippen LogP contribution >= 0.6 is 0 Å². The van der Waals surface area contributed by atoms with Crippen LogP contribution in [0.25, 0.3) is 0 Å². The summed E-state index contributed by atoms with van der Waals surface area (Å²) in [5.41, 5.74) is 17.2. The van der Waals surface area contributed by atoms with Gasteiger partial charge in [0.25, 0.3) is 11.8 Å². The highest BCUT2D eigenvalue weighted by Crippen LogP contribution is 2.61. The number of amides is 2. The van der Waals surface area contributed by atoms with Crippen LogP contribution in [-0.2, 0) is 20.1 Å². The summed E-state index contributed by atoms with van der Waals surface area (Å²) in [6.45, 7) is 10.5. The molecule has 8 rings (SSSR count). The monoisotopic (exact) mass is 727 g/mol. The van der Waals surface area contributed by atoms with Crippen LogP contribution in [0, 0.1) is 22.7 Å². The van der Waals surface area contributed by atoms with Gasteiger partial charge in [0, 0.05) is 11.1 Å². The lowest BCUT2D eigenvalue weighted by atomic mass is 9.49. The van der Waals surface area contributed by atoms with Crippen LogP contribution in [0.3, 0.4) is 0 Å². The maximum atomic E-state index is 13.4. The lowest BCUT2D eigenvalue weighted by Gasteiger charge is -2.56. The fourth-order valence-corrected chi connectivity index (χ4v) is 10.6. The van der Waals surface area contributed by atoms with Gasteiger partial charge in [-0.25, -0.2) is 0 Å². The number of nitrogens with two attached hydrogens (primary N) is 2. The standard InChI is InChI=1S/C44H67BN4O4/c1-31(2)41-17-23-43(24-18-41,25-19-41)35-13-9-33(10-14-35)39(50)48-37(7-5-29-46)52-45-53-38(8-6-30-47)49-40(51)34-11-15-36(16-12-34)44-26-20-42(21-27-44,22-28-44)32(3)4/h9-16,31-32,37-38,45H,5-8,17-30,46-47H2,1-4H3,(H,48,50)(H,49,51). The van der Waals surface area contributed by atoms with Crippen molar-refractivity contribution in [3.63, 3.8) is 0 Å². The first kappa shape index (κ1) is 40.0. The van der Waals surface area contributed by atoms with Gasteiger partial charge in [0.1, 0.15) is 12.5 Å². The Labute approximate surface area is 320 Å². The van der Waals surface area contributed by atoms with Gasteiger partial charge < -0.3 is 31.4 Å². The second-order valence-electron chi connectivity index (χ2n) is 18.0. The van der Waals surface area contributed by atoms with Gasteiger partial charge in [-0.15, -0.1) is 0 Å². The molecule has 6 N–H and O–H groups in total. The molecule has 2 unspecified atom stereocenters. The van der Waals surface area contributed by atoms with Gasteiger partial charge in [-0.3, -0.25) is 9.59 Å². The minimum absolute atomic E-state index is 0.0936. The summed E-state index contributed by atoms with van der Waals surface area (Å²) in [5, 5.41) is 6.09. The largest absolute Gasteiger partial charge is 0.441 e. The van der Waals surface area contributed by atoms with Gasteiger partial charge in [-0.1, -0.05) is 52.0 Å². The molecule has 6 aliphatic carbocycles. The van der Waals surface area contributed by atoms with E-state index >= 15 is 0 Å². The summed E-state index contributed by atoms with van der Waals surface area (Å²) in [4.78, 5) is 26.8. The Morgan fingerprint density at radius 2 is 0.906 bits per heavy atom. The molecule has 53 heavy (non-hydrogen) atoms. The summed E-state index contributed by atoms with van der Waals surface area (Å²) in [5.74, 6) is 1.12. The van der Waals surface area contributed by atoms with E-state index in [0.29, 0.717) is 60.7 Å². The average molecular weight is 727 g/mol. The van der Waals surface area contributed by atoms with Gasteiger partial charge >= 0.3 is 7.69 Å². The predicted octanol–water partition coefficient (Wildman–Crippen LogP) is 7.77. The third kappa shape index (κ3) is 8.59. The number of hydrogen-bond donors (Lipinski definition) is 4. The van der Waals surface area contributed by atoms with Crippen molar-refractivity contribution in [3.8, 4) is 0 Å². The van der Waals surface area contributed by atoms with Crippen molar-refractivity contribution < 1.29 is 18.9 Å². The molecule has 2 atom stereocenters. The molecule has 8 nitrogen and oxygen atoms in total. The van der Waals surface area contributed by atoms with Crippen molar-refractivity contribution in [2.24, 2.45) is 34.1 Å². The molecule has 0 heterocycles. The molecule has 9 heteroatoms. The molecule has 2 aromatic carbocycles. The smallest absolute Gasteiger partial charge is 0.393 e. The van der Waals surface area contributed by atoms with E-state index < -0.39 is 12.5 Å². The third-order valence-electron chi connectivity index (χ3n) is 15.0. The zero-order valence-electron chi connectivity index (χ0n) is 33.2. The van der Waals surface area contributed by atoms with Crippen LogP contribution < -0.4 is 22.1 Å². The topological polar surface area (TPSA) is 129 Å². The van der Waals surface area contributed by atoms with Crippen LogP contribution in [0.1, 0.15) is 162 Å². The molecule has 0 spiro atoms. The molecule has 2 aromatic rings. The molecule has 4 bridgehead atoms. The lowest BCUT2D eigenvalue weighted by molar-refractivity contribution is 0.00185. The fraction of sp³-hybridized carbons (Fsp3) is 0.682. The zero-order valence-corrected chi connectivity index (χ0v) is 33.2. The van der Waals surface area contributed by atoms with E-state index in [2.05, 4.69) is 62.6 Å². The molecule has 6 fully saturated rings. The van der Waals surface area contributed by atoms with Gasteiger partial charge in [0.15, 0.2) is 0 Å². The van der Waals surface area contributed by atoms with Crippen LogP contribution in [0.15, 0.2) is 48.5 Å². The maximum Gasteiger partial charge on any atom is 0.441 e. The van der Waals surface area contributed by atoms with Crippen LogP contribution in [-0.4, -0.2) is 45.0 Å². The van der Waals surface area contributed by atoms with Crippen molar-refractivity contribution in [1.82, 2.24) is 10.6 Å². The third-order valence-corrected chi connectivity index (χ3v) is 15.0. The quantitative estimate of drug-likeness (QED) is 0.0918. The molecule has 0 aromatic heterocycles. The summed E-state index contributed by atoms with van der Waals surface area (Å²) < 4.78 is 12.1. The van der Waals surface area contributed by atoms with Crippen molar-refractivity contribution in [2.75, 3.05) is 13.1 Å². The Hall–Kier alpha value is -2.72. The normalized spacial score (nSPS) is 28.9. The first-order valence-electron chi connectivity index (χ1n) is 20.9. The van der Waals surface area contributed by atoms with Gasteiger partial charge in [-0.2, -0.15) is 0 Å². The van der Waals surface area contributed by atoms with Gasteiger partial charge in [0.2, 0.25) is 0 Å². The highest BCUT2D eigenvalue weighted by Gasteiger charge is 2.51. The highest BCUT2D eigenvalue weighted by atomic mass is 16.6. The summed E-state index contributed by atoms with van der Waals surface area (Å²) in [7, 11) is -0.0936. The van der Waals surface area contributed by atoms with Crippen molar-refractivity contribution >= 4 is 19.5 Å². The lowest BCUT2D eigenvalue weighted by Crippen LogP contribution is -2.46. The highest BCUT2D eigenvalue weighted by molar-refractivity contribution is 6.18. The Morgan fingerprint density at radius 3 is 1.19 bits per heavy atom. The summed E-state index contributed by atoms with van der Waals surface area (Å²) in [6.07, 6.45) is 16.6. The number of carbonyl (C=O) groups is 2. The molecule has 6 saturated carbocycles. The Balaban J connectivity index is 1.01. The summed E-state index contributed by atoms with van der Waals surface area (Å²) >= 11 is 0. The second-order valence-corrected chi connectivity index (χ2v) is 18.0. The van der Waals surface area contributed by atoms with E-state index in [1.807, 2.05) is 24.3 Å². The number of nitrogens with one attached hydrogen (secondary N) is 2. The maximum absolute atomic E-state index is 13.4. The Morgan fingerprint density at radius 1 is 0.585 bits per heavy atom. The number of rotatable bonds is 18. The SMILES string of the molecule is CC(C)C12CCC(c3ccc(C(=O)NC(CCCN)OBOC(CCCN)NC(=O)c4ccc(C56CCC(C(C)C)(CC5)CC6)cc4)cc3)(CC1)CC2. The minimum atomic E-state index is -0.576. The first-order chi connectivity index (χ1) is 25.5. The van der Waals surface area contributed by atoms with Crippen LogP contribution in [0.5, 0.6) is 0 Å². The molecule has 290 valence electrons. The number of hydrogen-bond acceptors (Lipinski definition) is 6. The number of fused-ring (bicyclic) bond motifs is 6. The van der Waals surface area contributed by atoms with Crippen LogP contribution in [0.4, 0.5) is 0 Å².